The summed E-state index contributed by atoms with van der Waals surface area (Å²) in [6.45, 7) is 11.8. The summed E-state index contributed by atoms with van der Waals surface area (Å²) in [7, 11) is 0. The maximum absolute atomic E-state index is 10.3. The molecule has 1 N–H and O–H groups in total. The lowest BCUT2D eigenvalue weighted by molar-refractivity contribution is -0.0231. The molecule has 0 aromatic heterocycles. The molecule has 0 aromatic carbocycles. The molecule has 2 fully saturated rings. The molecule has 0 aromatic rings. The van der Waals surface area contributed by atoms with E-state index >= 15 is 0 Å². The zero-order valence-electron chi connectivity index (χ0n) is 14.1. The maximum Gasteiger partial charge on any atom is 0.0573 e. The molecule has 0 radical (unpaired) electrons. The normalized spacial score (nSPS) is 41.0. The molecule has 116 valence electrons. The monoisotopic (exact) mass is 278 g/mol. The van der Waals surface area contributed by atoms with Gasteiger partial charge in [-0.15, -0.1) is 0 Å². The summed E-state index contributed by atoms with van der Waals surface area (Å²) in [5, 5.41) is 10.3. The van der Waals surface area contributed by atoms with Crippen LogP contribution in [0.1, 0.15) is 66.7 Å². The third-order valence-corrected chi connectivity index (χ3v) is 6.57. The fourth-order valence-electron chi connectivity index (χ4n) is 4.76. The fraction of sp³-hybridized carbons (Fsp3) is 0.895. The highest BCUT2D eigenvalue weighted by Crippen LogP contribution is 2.57. The van der Waals surface area contributed by atoms with Gasteiger partial charge in [0, 0.05) is 0 Å². The lowest BCUT2D eigenvalue weighted by atomic mass is 9.62. The van der Waals surface area contributed by atoms with Gasteiger partial charge in [-0.1, -0.05) is 53.2 Å². The van der Waals surface area contributed by atoms with E-state index in [1.165, 1.54) is 25.7 Å². The summed E-state index contributed by atoms with van der Waals surface area (Å²) >= 11 is 0. The first-order chi connectivity index (χ1) is 9.36. The molecule has 0 bridgehead atoms. The minimum Gasteiger partial charge on any atom is -0.393 e. The van der Waals surface area contributed by atoms with E-state index in [4.69, 9.17) is 0 Å². The van der Waals surface area contributed by atoms with E-state index < -0.39 is 0 Å². The molecule has 6 atom stereocenters. The van der Waals surface area contributed by atoms with Crippen LogP contribution >= 0.6 is 0 Å². The third kappa shape index (κ3) is 2.98. The van der Waals surface area contributed by atoms with E-state index in [0.717, 1.165) is 18.3 Å². The van der Waals surface area contributed by atoms with Gasteiger partial charge in [0.25, 0.3) is 0 Å². The summed E-state index contributed by atoms with van der Waals surface area (Å²) in [6, 6.07) is 0. The van der Waals surface area contributed by atoms with Gasteiger partial charge in [0.1, 0.15) is 0 Å². The Hall–Kier alpha value is -0.300. The molecular weight excluding hydrogens is 244 g/mol. The van der Waals surface area contributed by atoms with Crippen molar-refractivity contribution in [3.05, 3.63) is 12.2 Å². The molecule has 2 rings (SSSR count). The van der Waals surface area contributed by atoms with Gasteiger partial charge in [-0.3, -0.25) is 0 Å². The summed E-state index contributed by atoms with van der Waals surface area (Å²) in [5.41, 5.74) is 0.377. The topological polar surface area (TPSA) is 20.2 Å². The van der Waals surface area contributed by atoms with Crippen LogP contribution in [0.2, 0.25) is 0 Å². The summed E-state index contributed by atoms with van der Waals surface area (Å²) in [4.78, 5) is 0. The summed E-state index contributed by atoms with van der Waals surface area (Å²) in [6.07, 6.45) is 10.9. The van der Waals surface area contributed by atoms with Gasteiger partial charge in [-0.05, 0) is 60.7 Å². The van der Waals surface area contributed by atoms with Gasteiger partial charge in [-0.25, -0.2) is 0 Å². The van der Waals surface area contributed by atoms with Crippen molar-refractivity contribution in [1.82, 2.24) is 0 Å². The summed E-state index contributed by atoms with van der Waals surface area (Å²) < 4.78 is 0. The largest absolute Gasteiger partial charge is 0.393 e. The van der Waals surface area contributed by atoms with E-state index in [0.29, 0.717) is 23.2 Å². The van der Waals surface area contributed by atoms with Crippen LogP contribution < -0.4 is 0 Å². The fourth-order valence-corrected chi connectivity index (χ4v) is 4.76. The van der Waals surface area contributed by atoms with Crippen molar-refractivity contribution >= 4 is 0 Å². The van der Waals surface area contributed by atoms with E-state index in [1.54, 1.807) is 0 Å². The Balaban J connectivity index is 2.05. The lowest BCUT2D eigenvalue weighted by Gasteiger charge is -2.44. The number of aliphatic hydroxyl groups is 1. The second-order valence-electron chi connectivity index (χ2n) is 8.10. The Morgan fingerprint density at radius 3 is 2.40 bits per heavy atom. The third-order valence-electron chi connectivity index (χ3n) is 6.57. The minimum atomic E-state index is -0.0375. The maximum atomic E-state index is 10.3. The minimum absolute atomic E-state index is 0.0375. The SMILES string of the molecule is CC(C)[C@@H](C)/C=C/[C@@H](C)[C@H]1CCC2[C@@H](O)CCC[C@@]21C. The molecule has 0 heterocycles. The average molecular weight is 278 g/mol. The molecule has 0 amide bonds. The Labute approximate surface area is 125 Å². The number of aliphatic hydroxyl groups excluding tert-OH is 1. The molecule has 0 saturated heterocycles. The standard InChI is InChI=1S/C19H34O/c1-13(2)14(3)8-9-15(4)16-10-11-17-18(20)7-6-12-19(16,17)5/h8-9,13-18,20H,6-7,10-12H2,1-5H3/b9-8+/t14-,15+,16+,17?,18-,19+/m0/s1. The van der Waals surface area contributed by atoms with Gasteiger partial charge in [0.15, 0.2) is 0 Å². The van der Waals surface area contributed by atoms with Crippen LogP contribution in [-0.4, -0.2) is 11.2 Å². The predicted octanol–water partition coefficient (Wildman–Crippen LogP) is 5.05. The van der Waals surface area contributed by atoms with Crippen LogP contribution in [0.5, 0.6) is 0 Å². The number of allylic oxidation sites excluding steroid dienone is 2. The van der Waals surface area contributed by atoms with Crippen molar-refractivity contribution in [2.24, 2.45) is 35.0 Å². The molecule has 20 heavy (non-hydrogen) atoms. The Morgan fingerprint density at radius 2 is 1.75 bits per heavy atom. The molecule has 2 saturated carbocycles. The highest BCUT2D eigenvalue weighted by molar-refractivity contribution is 5.05. The molecule has 0 aliphatic heterocycles. The second kappa shape index (κ2) is 6.22. The molecule has 2 aliphatic rings. The number of hydrogen-bond donors (Lipinski definition) is 1. The first-order valence-electron chi connectivity index (χ1n) is 8.72. The zero-order chi connectivity index (χ0) is 14.9. The average Bonchev–Trinajstić information content (AvgIpc) is 2.74. The Morgan fingerprint density at radius 1 is 1.05 bits per heavy atom. The number of fused-ring (bicyclic) bond motifs is 1. The van der Waals surface area contributed by atoms with Crippen LogP contribution in [0.4, 0.5) is 0 Å². The molecular formula is C19H34O. The van der Waals surface area contributed by atoms with E-state index in [9.17, 15) is 5.11 Å². The van der Waals surface area contributed by atoms with Crippen molar-refractivity contribution in [2.45, 2.75) is 72.8 Å². The van der Waals surface area contributed by atoms with Crippen LogP contribution in [0, 0.1) is 35.0 Å². The van der Waals surface area contributed by atoms with Gasteiger partial charge in [0.05, 0.1) is 6.10 Å². The molecule has 1 heteroatoms. The highest BCUT2D eigenvalue weighted by Gasteiger charge is 2.51. The van der Waals surface area contributed by atoms with Crippen molar-refractivity contribution in [3.63, 3.8) is 0 Å². The van der Waals surface area contributed by atoms with Gasteiger partial charge in [0.2, 0.25) is 0 Å². The van der Waals surface area contributed by atoms with E-state index in [-0.39, 0.29) is 6.10 Å². The van der Waals surface area contributed by atoms with Crippen molar-refractivity contribution in [3.8, 4) is 0 Å². The molecule has 1 nitrogen and oxygen atoms in total. The van der Waals surface area contributed by atoms with Crippen LogP contribution in [-0.2, 0) is 0 Å². The second-order valence-corrected chi connectivity index (χ2v) is 8.10. The Kier molecular flexibility index (Phi) is 5.00. The summed E-state index contributed by atoms with van der Waals surface area (Å²) in [5.74, 6) is 3.36. The smallest absolute Gasteiger partial charge is 0.0573 e. The van der Waals surface area contributed by atoms with Gasteiger partial charge < -0.3 is 5.11 Å². The van der Waals surface area contributed by atoms with Crippen LogP contribution in [0.15, 0.2) is 12.2 Å². The van der Waals surface area contributed by atoms with E-state index in [2.05, 4.69) is 46.8 Å². The zero-order valence-corrected chi connectivity index (χ0v) is 14.1. The van der Waals surface area contributed by atoms with Gasteiger partial charge >= 0.3 is 0 Å². The first-order valence-corrected chi connectivity index (χ1v) is 8.72. The molecule has 0 spiro atoms. The first kappa shape index (κ1) is 16.1. The molecule has 2 aliphatic carbocycles. The predicted molar refractivity (Wildman–Crippen MR) is 86.5 cm³/mol. The Bertz CT molecular complexity index is 346. The molecule has 1 unspecified atom stereocenters. The highest BCUT2D eigenvalue weighted by atomic mass is 16.3. The van der Waals surface area contributed by atoms with E-state index in [1.807, 2.05) is 0 Å². The van der Waals surface area contributed by atoms with Gasteiger partial charge in [-0.2, -0.15) is 0 Å². The lowest BCUT2D eigenvalue weighted by Crippen LogP contribution is -2.41. The van der Waals surface area contributed by atoms with Crippen molar-refractivity contribution < 1.29 is 5.11 Å². The van der Waals surface area contributed by atoms with Crippen molar-refractivity contribution in [1.29, 1.82) is 0 Å². The van der Waals surface area contributed by atoms with Crippen LogP contribution in [0.25, 0.3) is 0 Å². The number of rotatable bonds is 4. The van der Waals surface area contributed by atoms with Crippen molar-refractivity contribution in [2.75, 3.05) is 0 Å². The number of hydrogen-bond acceptors (Lipinski definition) is 1. The van der Waals surface area contributed by atoms with Crippen LogP contribution in [0.3, 0.4) is 0 Å². The quantitative estimate of drug-likeness (QED) is 0.714.